The Morgan fingerprint density at radius 3 is 2.47 bits per heavy atom. The minimum absolute atomic E-state index is 0.169. The Morgan fingerprint density at radius 2 is 1.81 bits per heavy atom. The largest absolute Gasteiger partial charge is 0.469 e. The van der Waals surface area contributed by atoms with Crippen LogP contribution in [-0.2, 0) is 15.3 Å². The zero-order chi connectivity index (χ0) is 22.5. The molecule has 10 heteroatoms. The van der Waals surface area contributed by atoms with Crippen LogP contribution in [0, 0.1) is 12.8 Å². The molecule has 9 nitrogen and oxygen atoms in total. The average Bonchev–Trinajstić information content (AvgIpc) is 3.27. The second-order valence-electron chi connectivity index (χ2n) is 7.54. The molecule has 2 aromatic heterocycles. The number of aromatic nitrogens is 5. The molecule has 1 aliphatic heterocycles. The van der Waals surface area contributed by atoms with E-state index in [4.69, 9.17) is 4.74 Å². The van der Waals surface area contributed by atoms with Crippen molar-refractivity contribution in [1.82, 2.24) is 29.9 Å². The molecule has 1 aliphatic rings. The van der Waals surface area contributed by atoms with E-state index in [1.807, 2.05) is 31.2 Å². The van der Waals surface area contributed by atoms with Crippen molar-refractivity contribution in [3.05, 3.63) is 59.7 Å². The van der Waals surface area contributed by atoms with Gasteiger partial charge in [-0.25, -0.2) is 14.6 Å². The summed E-state index contributed by atoms with van der Waals surface area (Å²) in [6, 6.07) is 9.65. The maximum Gasteiger partial charge on any atom is 0.308 e. The van der Waals surface area contributed by atoms with E-state index < -0.39 is 0 Å². The fraction of sp³-hybridized carbons (Fsp3) is 0.364. The molecule has 0 atom stereocenters. The molecule has 1 saturated heterocycles. The number of hydrogen-bond acceptors (Lipinski definition) is 8. The van der Waals surface area contributed by atoms with Gasteiger partial charge in [-0.2, -0.15) is 0 Å². The van der Waals surface area contributed by atoms with Crippen molar-refractivity contribution in [2.24, 2.45) is 5.92 Å². The van der Waals surface area contributed by atoms with Gasteiger partial charge in [-0.05, 0) is 38.0 Å². The molecule has 0 N–H and O–H groups in total. The number of hydrogen-bond donors (Lipinski definition) is 0. The first kappa shape index (κ1) is 21.9. The standard InChI is InChI=1S/C22H24N6O3S/c1-15-4-6-17(7-5-15)28-18(14-32-22-23-10-3-11-24-22)19(25-26-28)20(29)27-12-8-16(9-13-27)21(30)31-2/h3-7,10-11,16H,8-9,12-14H2,1-2H3. The number of likely N-dealkylation sites (tertiary alicyclic amines) is 1. The first-order chi connectivity index (χ1) is 15.6. The van der Waals surface area contributed by atoms with Gasteiger partial charge in [-0.15, -0.1) is 5.10 Å². The summed E-state index contributed by atoms with van der Waals surface area (Å²) in [5, 5.41) is 9.15. The number of piperidine rings is 1. The summed E-state index contributed by atoms with van der Waals surface area (Å²) in [5.74, 6) is -0.138. The number of rotatable bonds is 6. The predicted molar refractivity (Wildman–Crippen MR) is 118 cm³/mol. The van der Waals surface area contributed by atoms with E-state index in [1.165, 1.54) is 18.9 Å². The third-order valence-corrected chi connectivity index (χ3v) is 6.33. The van der Waals surface area contributed by atoms with Crippen molar-refractivity contribution in [3.63, 3.8) is 0 Å². The average molecular weight is 453 g/mol. The molecular weight excluding hydrogens is 428 g/mol. The highest BCUT2D eigenvalue weighted by atomic mass is 32.2. The van der Waals surface area contributed by atoms with Crippen molar-refractivity contribution in [1.29, 1.82) is 0 Å². The van der Waals surface area contributed by atoms with Crippen LogP contribution in [-0.4, -0.2) is 61.9 Å². The van der Waals surface area contributed by atoms with E-state index in [9.17, 15) is 9.59 Å². The number of amides is 1. The number of thioether (sulfide) groups is 1. The van der Waals surface area contributed by atoms with Gasteiger partial charge in [0.15, 0.2) is 10.9 Å². The Hall–Kier alpha value is -3.27. The van der Waals surface area contributed by atoms with Crippen LogP contribution >= 0.6 is 11.8 Å². The van der Waals surface area contributed by atoms with Crippen molar-refractivity contribution in [2.45, 2.75) is 30.7 Å². The molecule has 0 spiro atoms. The summed E-state index contributed by atoms with van der Waals surface area (Å²) in [4.78, 5) is 35.4. The van der Waals surface area contributed by atoms with E-state index >= 15 is 0 Å². The molecule has 3 aromatic rings. The van der Waals surface area contributed by atoms with Gasteiger partial charge in [-0.3, -0.25) is 9.59 Å². The summed E-state index contributed by atoms with van der Waals surface area (Å²) >= 11 is 1.42. The highest BCUT2D eigenvalue weighted by Gasteiger charge is 2.31. The monoisotopic (exact) mass is 452 g/mol. The lowest BCUT2D eigenvalue weighted by Gasteiger charge is -2.30. The van der Waals surface area contributed by atoms with E-state index in [0.29, 0.717) is 48.2 Å². The third-order valence-electron chi connectivity index (χ3n) is 5.44. The summed E-state index contributed by atoms with van der Waals surface area (Å²) in [5.41, 5.74) is 2.96. The molecule has 0 aliphatic carbocycles. The van der Waals surface area contributed by atoms with Crippen molar-refractivity contribution in [3.8, 4) is 5.69 Å². The summed E-state index contributed by atoms with van der Waals surface area (Å²) < 4.78 is 6.54. The number of carbonyl (C=O) groups is 2. The molecule has 1 aromatic carbocycles. The minimum atomic E-state index is -0.220. The topological polar surface area (TPSA) is 103 Å². The van der Waals surface area contributed by atoms with Gasteiger partial charge in [0.25, 0.3) is 5.91 Å². The summed E-state index contributed by atoms with van der Waals surface area (Å²) in [7, 11) is 1.39. The van der Waals surface area contributed by atoms with Crippen LogP contribution in [0.15, 0.2) is 47.9 Å². The van der Waals surface area contributed by atoms with Crippen LogP contribution in [0.3, 0.4) is 0 Å². The van der Waals surface area contributed by atoms with Gasteiger partial charge in [-0.1, -0.05) is 34.7 Å². The molecule has 0 radical (unpaired) electrons. The number of nitrogens with zero attached hydrogens (tertiary/aromatic N) is 6. The van der Waals surface area contributed by atoms with Gasteiger partial charge in [0.2, 0.25) is 0 Å². The van der Waals surface area contributed by atoms with E-state index in [2.05, 4.69) is 20.3 Å². The summed E-state index contributed by atoms with van der Waals surface area (Å²) in [6.45, 7) is 2.97. The van der Waals surface area contributed by atoms with Crippen LogP contribution in [0.1, 0.15) is 34.6 Å². The Balaban J connectivity index is 1.59. The molecule has 0 saturated carbocycles. The normalized spacial score (nSPS) is 14.4. The maximum atomic E-state index is 13.3. The van der Waals surface area contributed by atoms with Crippen LogP contribution in [0.25, 0.3) is 5.69 Å². The number of carbonyl (C=O) groups excluding carboxylic acids is 2. The Labute approximate surface area is 190 Å². The first-order valence-corrected chi connectivity index (χ1v) is 11.3. The highest BCUT2D eigenvalue weighted by Crippen LogP contribution is 2.25. The first-order valence-electron chi connectivity index (χ1n) is 10.4. The maximum absolute atomic E-state index is 13.3. The molecule has 166 valence electrons. The molecule has 32 heavy (non-hydrogen) atoms. The zero-order valence-electron chi connectivity index (χ0n) is 18.0. The smallest absolute Gasteiger partial charge is 0.308 e. The van der Waals surface area contributed by atoms with Crippen LogP contribution < -0.4 is 0 Å². The van der Waals surface area contributed by atoms with Gasteiger partial charge in [0, 0.05) is 31.2 Å². The van der Waals surface area contributed by atoms with Crippen molar-refractivity contribution >= 4 is 23.6 Å². The number of esters is 1. The molecular formula is C22H24N6O3S. The van der Waals surface area contributed by atoms with Gasteiger partial charge in [0.1, 0.15) is 0 Å². The lowest BCUT2D eigenvalue weighted by Crippen LogP contribution is -2.41. The Bertz CT molecular complexity index is 1080. The fourth-order valence-corrected chi connectivity index (χ4v) is 4.41. The summed E-state index contributed by atoms with van der Waals surface area (Å²) in [6.07, 6.45) is 4.52. The number of methoxy groups -OCH3 is 1. The second-order valence-corrected chi connectivity index (χ2v) is 8.48. The molecule has 1 fully saturated rings. The van der Waals surface area contributed by atoms with Crippen LogP contribution in [0.4, 0.5) is 0 Å². The Morgan fingerprint density at radius 1 is 1.12 bits per heavy atom. The highest BCUT2D eigenvalue weighted by molar-refractivity contribution is 7.98. The number of benzene rings is 1. The SMILES string of the molecule is COC(=O)C1CCN(C(=O)c2nnn(-c3ccc(C)cc3)c2CSc2ncccn2)CC1. The number of aryl methyl sites for hydroxylation is 1. The third kappa shape index (κ3) is 4.80. The van der Waals surface area contributed by atoms with Crippen molar-refractivity contribution < 1.29 is 14.3 Å². The van der Waals surface area contributed by atoms with Crippen molar-refractivity contribution in [2.75, 3.05) is 20.2 Å². The predicted octanol–water partition coefficient (Wildman–Crippen LogP) is 2.68. The molecule has 4 rings (SSSR count). The van der Waals surface area contributed by atoms with Gasteiger partial charge in [0.05, 0.1) is 24.4 Å². The minimum Gasteiger partial charge on any atom is -0.469 e. The quantitative estimate of drug-likeness (QED) is 0.319. The van der Waals surface area contributed by atoms with E-state index in [-0.39, 0.29) is 17.8 Å². The van der Waals surface area contributed by atoms with Gasteiger partial charge < -0.3 is 9.64 Å². The molecule has 3 heterocycles. The lowest BCUT2D eigenvalue weighted by molar-refractivity contribution is -0.146. The fourth-order valence-electron chi connectivity index (χ4n) is 3.62. The van der Waals surface area contributed by atoms with Crippen LogP contribution in [0.5, 0.6) is 0 Å². The zero-order valence-corrected chi connectivity index (χ0v) is 18.8. The second kappa shape index (κ2) is 9.90. The van der Waals surface area contributed by atoms with E-state index in [0.717, 1.165) is 11.3 Å². The van der Waals surface area contributed by atoms with Crippen LogP contribution in [0.2, 0.25) is 0 Å². The molecule has 1 amide bonds. The van der Waals surface area contributed by atoms with E-state index in [1.54, 1.807) is 28.0 Å². The lowest BCUT2D eigenvalue weighted by atomic mass is 9.97. The molecule has 0 unspecified atom stereocenters. The number of ether oxygens (including phenoxy) is 1. The Kier molecular flexibility index (Phi) is 6.79. The molecule has 0 bridgehead atoms. The van der Waals surface area contributed by atoms with Gasteiger partial charge >= 0.3 is 5.97 Å².